The molecule has 0 bridgehead atoms. The first kappa shape index (κ1) is 38.0. The first-order chi connectivity index (χ1) is 32.2. The van der Waals surface area contributed by atoms with Crippen LogP contribution in [0.4, 0.5) is 34.1 Å². The third-order valence-corrected chi connectivity index (χ3v) is 12.6. The Morgan fingerprint density at radius 2 is 0.800 bits per heavy atom. The maximum absolute atomic E-state index is 7.19. The molecule has 0 atom stereocenters. The smallest absolute Gasteiger partial charge is 0.143 e. The minimum Gasteiger partial charge on any atom is -0.455 e. The molecular weight excluding hydrogens is 789 g/mol. The van der Waals surface area contributed by atoms with Gasteiger partial charge in [0.1, 0.15) is 11.2 Å². The van der Waals surface area contributed by atoms with E-state index in [0.29, 0.717) is 0 Å². The standard InChI is InChI=1S/C62H42N2O/c1-4-18-43(19-5-1)45-34-37-51(38-35-45)63(57-30-16-14-27-53(57)46-21-6-2-7-22-46)52-41-59(61-56-39-36-47-23-12-13-29-55(47)62(56)65-60(61)42-52)64(50-25-8-3-9-26-50)58-31-17-15-28-54(58)49-33-32-44-20-10-11-24-48(44)40-49/h1-42H. The molecular formula is C62H42N2O. The van der Waals surface area contributed by atoms with Crippen LogP contribution in [0.2, 0.25) is 0 Å². The second-order valence-electron chi connectivity index (χ2n) is 16.5. The summed E-state index contributed by atoms with van der Waals surface area (Å²) in [5.41, 5.74) is 14.7. The van der Waals surface area contributed by atoms with E-state index in [9.17, 15) is 0 Å². The van der Waals surface area contributed by atoms with E-state index in [0.717, 1.165) is 94.7 Å². The zero-order valence-electron chi connectivity index (χ0n) is 35.6. The molecule has 1 aromatic heterocycles. The van der Waals surface area contributed by atoms with Gasteiger partial charge in [-0.25, -0.2) is 0 Å². The van der Waals surface area contributed by atoms with Gasteiger partial charge in [-0.1, -0.05) is 194 Å². The van der Waals surface area contributed by atoms with Crippen molar-refractivity contribution in [1.82, 2.24) is 0 Å². The summed E-state index contributed by atoms with van der Waals surface area (Å²) in [5.74, 6) is 0. The molecule has 12 aromatic rings. The summed E-state index contributed by atoms with van der Waals surface area (Å²) in [6, 6.07) is 91.4. The predicted molar refractivity (Wildman–Crippen MR) is 274 cm³/mol. The van der Waals surface area contributed by atoms with Gasteiger partial charge in [-0.05, 0) is 93.0 Å². The van der Waals surface area contributed by atoms with Crippen molar-refractivity contribution in [3.8, 4) is 33.4 Å². The lowest BCUT2D eigenvalue weighted by Crippen LogP contribution is -2.15. The Morgan fingerprint density at radius 3 is 1.54 bits per heavy atom. The SMILES string of the molecule is c1ccc(-c2ccc(N(c3cc(N(c4ccccc4)c4ccccc4-c4ccc5ccccc5c4)c4c(c3)oc3c5ccccc5ccc34)c3ccccc3-c3ccccc3)cc2)cc1. The molecule has 306 valence electrons. The quantitative estimate of drug-likeness (QED) is 0.144. The predicted octanol–water partition coefficient (Wildman–Crippen LogP) is 17.8. The van der Waals surface area contributed by atoms with Gasteiger partial charge in [0.2, 0.25) is 0 Å². The Balaban J connectivity index is 1.17. The van der Waals surface area contributed by atoms with Crippen molar-refractivity contribution < 1.29 is 4.42 Å². The van der Waals surface area contributed by atoms with Crippen molar-refractivity contribution in [2.45, 2.75) is 0 Å². The molecule has 0 aliphatic carbocycles. The molecule has 0 aliphatic rings. The van der Waals surface area contributed by atoms with Crippen LogP contribution in [0, 0.1) is 0 Å². The van der Waals surface area contributed by atoms with E-state index in [2.05, 4.69) is 265 Å². The molecule has 3 nitrogen and oxygen atoms in total. The van der Waals surface area contributed by atoms with Crippen molar-refractivity contribution in [3.63, 3.8) is 0 Å². The van der Waals surface area contributed by atoms with Gasteiger partial charge >= 0.3 is 0 Å². The number of rotatable bonds is 9. The third kappa shape index (κ3) is 6.87. The van der Waals surface area contributed by atoms with Crippen LogP contribution in [-0.2, 0) is 0 Å². The lowest BCUT2D eigenvalue weighted by molar-refractivity contribution is 0.673. The molecule has 0 spiro atoms. The third-order valence-electron chi connectivity index (χ3n) is 12.6. The van der Waals surface area contributed by atoms with Gasteiger partial charge in [0.25, 0.3) is 0 Å². The van der Waals surface area contributed by atoms with E-state index >= 15 is 0 Å². The van der Waals surface area contributed by atoms with Crippen molar-refractivity contribution in [1.29, 1.82) is 0 Å². The monoisotopic (exact) mass is 830 g/mol. The Kier molecular flexibility index (Phi) is 9.50. The van der Waals surface area contributed by atoms with Crippen LogP contribution in [0.5, 0.6) is 0 Å². The van der Waals surface area contributed by atoms with Gasteiger partial charge in [-0.2, -0.15) is 0 Å². The number of fused-ring (bicyclic) bond motifs is 6. The van der Waals surface area contributed by atoms with Crippen LogP contribution in [0.3, 0.4) is 0 Å². The van der Waals surface area contributed by atoms with Crippen LogP contribution in [0.25, 0.3) is 76.9 Å². The fraction of sp³-hybridized carbons (Fsp3) is 0. The Bertz CT molecular complexity index is 3650. The highest BCUT2D eigenvalue weighted by Gasteiger charge is 2.26. The molecule has 0 saturated heterocycles. The molecule has 65 heavy (non-hydrogen) atoms. The van der Waals surface area contributed by atoms with Gasteiger partial charge in [0.15, 0.2) is 0 Å². The first-order valence-corrected chi connectivity index (χ1v) is 22.2. The summed E-state index contributed by atoms with van der Waals surface area (Å²) in [5, 5.41) is 6.75. The zero-order chi connectivity index (χ0) is 43.1. The van der Waals surface area contributed by atoms with Crippen LogP contribution in [0.1, 0.15) is 0 Å². The van der Waals surface area contributed by atoms with Crippen LogP contribution in [0.15, 0.2) is 259 Å². The molecule has 12 rings (SSSR count). The summed E-state index contributed by atoms with van der Waals surface area (Å²) in [6.45, 7) is 0. The Morgan fingerprint density at radius 1 is 0.277 bits per heavy atom. The molecule has 0 fully saturated rings. The highest BCUT2D eigenvalue weighted by molar-refractivity contribution is 6.21. The minimum absolute atomic E-state index is 0.802. The van der Waals surface area contributed by atoms with E-state index < -0.39 is 0 Å². The van der Waals surface area contributed by atoms with Gasteiger partial charge < -0.3 is 14.2 Å². The van der Waals surface area contributed by atoms with Crippen molar-refractivity contribution >= 4 is 77.6 Å². The molecule has 11 aromatic carbocycles. The number of para-hydroxylation sites is 3. The van der Waals surface area contributed by atoms with Crippen LogP contribution < -0.4 is 9.80 Å². The Labute approximate surface area is 378 Å². The summed E-state index contributed by atoms with van der Waals surface area (Å²) >= 11 is 0. The summed E-state index contributed by atoms with van der Waals surface area (Å²) in [7, 11) is 0. The summed E-state index contributed by atoms with van der Waals surface area (Å²) in [6.07, 6.45) is 0. The lowest BCUT2D eigenvalue weighted by Gasteiger charge is -2.32. The number of hydrogen-bond donors (Lipinski definition) is 0. The molecule has 0 aliphatic heterocycles. The normalized spacial score (nSPS) is 11.4. The van der Waals surface area contributed by atoms with E-state index in [1.807, 2.05) is 0 Å². The van der Waals surface area contributed by atoms with Gasteiger partial charge in [-0.3, -0.25) is 0 Å². The van der Waals surface area contributed by atoms with Crippen LogP contribution in [-0.4, -0.2) is 0 Å². The van der Waals surface area contributed by atoms with E-state index in [4.69, 9.17) is 4.42 Å². The zero-order valence-corrected chi connectivity index (χ0v) is 35.6. The van der Waals surface area contributed by atoms with E-state index in [1.54, 1.807) is 0 Å². The fourth-order valence-electron chi connectivity index (χ4n) is 9.55. The topological polar surface area (TPSA) is 19.6 Å². The number of nitrogens with zero attached hydrogens (tertiary/aromatic N) is 2. The molecule has 3 heteroatoms. The summed E-state index contributed by atoms with van der Waals surface area (Å²) in [4.78, 5) is 4.82. The maximum Gasteiger partial charge on any atom is 0.143 e. The maximum atomic E-state index is 7.19. The minimum atomic E-state index is 0.802. The van der Waals surface area contributed by atoms with Gasteiger partial charge in [0, 0.05) is 39.3 Å². The largest absolute Gasteiger partial charge is 0.455 e. The number of benzene rings is 11. The molecule has 0 N–H and O–H groups in total. The lowest BCUT2D eigenvalue weighted by atomic mass is 9.97. The highest BCUT2D eigenvalue weighted by atomic mass is 16.3. The van der Waals surface area contributed by atoms with Crippen LogP contribution >= 0.6 is 0 Å². The highest BCUT2D eigenvalue weighted by Crippen LogP contribution is 2.51. The average Bonchev–Trinajstić information content (AvgIpc) is 3.77. The number of anilines is 6. The second kappa shape index (κ2) is 16.2. The van der Waals surface area contributed by atoms with E-state index in [1.165, 1.54) is 16.3 Å². The molecule has 0 saturated carbocycles. The van der Waals surface area contributed by atoms with Crippen molar-refractivity contribution in [2.75, 3.05) is 9.80 Å². The number of hydrogen-bond acceptors (Lipinski definition) is 3. The first-order valence-electron chi connectivity index (χ1n) is 22.2. The average molecular weight is 831 g/mol. The van der Waals surface area contributed by atoms with Crippen molar-refractivity contribution in [2.24, 2.45) is 0 Å². The number of furan rings is 1. The van der Waals surface area contributed by atoms with Gasteiger partial charge in [0.05, 0.1) is 28.1 Å². The van der Waals surface area contributed by atoms with E-state index in [-0.39, 0.29) is 0 Å². The summed E-state index contributed by atoms with van der Waals surface area (Å²) < 4.78 is 7.19. The van der Waals surface area contributed by atoms with Crippen molar-refractivity contribution in [3.05, 3.63) is 255 Å². The molecule has 0 amide bonds. The molecule has 1 heterocycles. The Hall–Kier alpha value is -8.66. The molecule has 0 unspecified atom stereocenters. The van der Waals surface area contributed by atoms with Gasteiger partial charge in [-0.15, -0.1) is 0 Å². The fourth-order valence-corrected chi connectivity index (χ4v) is 9.55. The second-order valence-corrected chi connectivity index (χ2v) is 16.5. The molecule has 0 radical (unpaired) electrons.